The molecule has 2 aromatic rings. The van der Waals surface area contributed by atoms with E-state index >= 15 is 0 Å². The minimum absolute atomic E-state index is 0.136. The van der Waals surface area contributed by atoms with Crippen molar-refractivity contribution in [3.05, 3.63) is 57.6 Å². The fraction of sp³-hybridized carbons (Fsp3) is 0.278. The smallest absolute Gasteiger partial charge is 0.242 e. The number of amides is 1. The fourth-order valence-corrected chi connectivity index (χ4v) is 4.90. The Labute approximate surface area is 156 Å². The minimum Gasteiger partial charge on any atom is -0.311 e. The van der Waals surface area contributed by atoms with Crippen molar-refractivity contribution < 1.29 is 13.2 Å². The Morgan fingerprint density at radius 3 is 2.56 bits per heavy atom. The highest BCUT2D eigenvalue weighted by Crippen LogP contribution is 2.37. The van der Waals surface area contributed by atoms with Crippen molar-refractivity contribution in [2.45, 2.75) is 31.7 Å². The predicted molar refractivity (Wildman–Crippen MR) is 101 cm³/mol. The molecule has 0 saturated carbocycles. The summed E-state index contributed by atoms with van der Waals surface area (Å²) in [7, 11) is -3.76. The van der Waals surface area contributed by atoms with Crippen LogP contribution in [-0.2, 0) is 27.8 Å². The number of carbonyl (C=O) groups excluding carboxylic acids is 1. The molecule has 3 rings (SSSR count). The molecule has 2 aromatic carbocycles. The van der Waals surface area contributed by atoms with Gasteiger partial charge >= 0.3 is 0 Å². The van der Waals surface area contributed by atoms with Gasteiger partial charge in [0.05, 0.1) is 5.69 Å². The lowest BCUT2D eigenvalue weighted by Crippen LogP contribution is -2.30. The molecule has 132 valence electrons. The molecule has 0 unspecified atom stereocenters. The van der Waals surface area contributed by atoms with E-state index in [1.54, 1.807) is 6.07 Å². The summed E-state index contributed by atoms with van der Waals surface area (Å²) < 4.78 is 29.1. The Bertz CT molecular complexity index is 924. The van der Waals surface area contributed by atoms with Crippen LogP contribution in [0.1, 0.15) is 23.6 Å². The van der Waals surface area contributed by atoms with Crippen LogP contribution in [0.3, 0.4) is 0 Å². The Morgan fingerprint density at radius 1 is 1.24 bits per heavy atom. The van der Waals surface area contributed by atoms with E-state index in [1.807, 2.05) is 37.3 Å². The monoisotopic (exact) mass is 422 g/mol. The van der Waals surface area contributed by atoms with Crippen molar-refractivity contribution in [2.75, 3.05) is 11.4 Å². The van der Waals surface area contributed by atoms with Crippen LogP contribution in [0.5, 0.6) is 0 Å². The normalized spacial score (nSPS) is 13.8. The van der Waals surface area contributed by atoms with Crippen LogP contribution in [0, 0.1) is 6.92 Å². The van der Waals surface area contributed by atoms with E-state index in [0.717, 1.165) is 16.7 Å². The van der Waals surface area contributed by atoms with Gasteiger partial charge in [-0.15, -0.1) is 0 Å². The molecular formula is C18H19BrN2O3S. The van der Waals surface area contributed by atoms with E-state index in [9.17, 15) is 13.2 Å². The SMILES string of the molecule is CC(=O)N1CCc2cc(Br)cc(S(=O)(=O)NCc3ccc(C)cc3)c21. The first-order valence-corrected chi connectivity index (χ1v) is 10.2. The van der Waals surface area contributed by atoms with Gasteiger partial charge in [-0.1, -0.05) is 45.8 Å². The van der Waals surface area contributed by atoms with Gasteiger partial charge in [-0.05, 0) is 36.6 Å². The van der Waals surface area contributed by atoms with Crippen molar-refractivity contribution >= 4 is 37.5 Å². The second-order valence-electron chi connectivity index (χ2n) is 6.14. The van der Waals surface area contributed by atoms with Crippen LogP contribution >= 0.6 is 15.9 Å². The molecule has 25 heavy (non-hydrogen) atoms. The van der Waals surface area contributed by atoms with Gasteiger partial charge in [0.15, 0.2) is 0 Å². The largest absolute Gasteiger partial charge is 0.311 e. The van der Waals surface area contributed by atoms with Crippen LogP contribution in [0.4, 0.5) is 5.69 Å². The van der Waals surface area contributed by atoms with Gasteiger partial charge in [-0.2, -0.15) is 0 Å². The van der Waals surface area contributed by atoms with Gasteiger partial charge in [-0.25, -0.2) is 13.1 Å². The van der Waals surface area contributed by atoms with Crippen molar-refractivity contribution in [1.29, 1.82) is 0 Å². The zero-order valence-electron chi connectivity index (χ0n) is 14.0. The number of sulfonamides is 1. The highest BCUT2D eigenvalue weighted by molar-refractivity contribution is 9.10. The van der Waals surface area contributed by atoms with Crippen LogP contribution in [-0.4, -0.2) is 20.9 Å². The summed E-state index contributed by atoms with van der Waals surface area (Å²) >= 11 is 3.37. The molecule has 0 fully saturated rings. The highest BCUT2D eigenvalue weighted by atomic mass is 79.9. The summed E-state index contributed by atoms with van der Waals surface area (Å²) in [5, 5.41) is 0. The minimum atomic E-state index is -3.76. The molecule has 0 radical (unpaired) electrons. The Kier molecular flexibility index (Phi) is 4.99. The van der Waals surface area contributed by atoms with Crippen molar-refractivity contribution in [2.24, 2.45) is 0 Å². The maximum atomic E-state index is 12.9. The molecule has 7 heteroatoms. The summed E-state index contributed by atoms with van der Waals surface area (Å²) in [5.74, 6) is -0.156. The number of nitrogens with one attached hydrogen (secondary N) is 1. The van der Waals surface area contributed by atoms with Crippen LogP contribution < -0.4 is 9.62 Å². The van der Waals surface area contributed by atoms with Crippen molar-refractivity contribution in [1.82, 2.24) is 4.72 Å². The molecule has 1 aliphatic rings. The lowest BCUT2D eigenvalue weighted by atomic mass is 10.2. The molecule has 1 amide bonds. The average molecular weight is 423 g/mol. The van der Waals surface area contributed by atoms with Crippen LogP contribution in [0.15, 0.2) is 45.8 Å². The third-order valence-corrected chi connectivity index (χ3v) is 6.12. The third kappa shape index (κ3) is 3.78. The van der Waals surface area contributed by atoms with Crippen LogP contribution in [0.25, 0.3) is 0 Å². The lowest BCUT2D eigenvalue weighted by Gasteiger charge is -2.19. The first-order valence-electron chi connectivity index (χ1n) is 7.93. The number of hydrogen-bond donors (Lipinski definition) is 1. The van der Waals surface area contributed by atoms with Crippen molar-refractivity contribution in [3.63, 3.8) is 0 Å². The summed E-state index contributed by atoms with van der Waals surface area (Å²) in [4.78, 5) is 13.5. The van der Waals surface area contributed by atoms with Gasteiger partial charge in [0, 0.05) is 24.5 Å². The second kappa shape index (κ2) is 6.90. The summed E-state index contributed by atoms with van der Waals surface area (Å²) in [6, 6.07) is 11.1. The van der Waals surface area contributed by atoms with Crippen molar-refractivity contribution in [3.8, 4) is 0 Å². The molecule has 0 bridgehead atoms. The molecule has 0 aliphatic carbocycles. The number of carbonyl (C=O) groups is 1. The van der Waals surface area contributed by atoms with Gasteiger partial charge < -0.3 is 4.90 Å². The molecule has 0 spiro atoms. The van der Waals surface area contributed by atoms with Gasteiger partial charge in [0.25, 0.3) is 0 Å². The first kappa shape index (κ1) is 18.1. The topological polar surface area (TPSA) is 66.5 Å². The number of benzene rings is 2. The number of rotatable bonds is 4. The second-order valence-corrected chi connectivity index (χ2v) is 8.79. The number of hydrogen-bond acceptors (Lipinski definition) is 3. The van der Waals surface area contributed by atoms with Gasteiger partial charge in [0.1, 0.15) is 4.90 Å². The summed E-state index contributed by atoms with van der Waals surface area (Å²) in [6.07, 6.45) is 0.648. The van der Waals surface area contributed by atoms with E-state index in [0.29, 0.717) is 23.1 Å². The Morgan fingerprint density at radius 2 is 1.92 bits per heavy atom. The molecular weight excluding hydrogens is 404 g/mol. The molecule has 0 atom stereocenters. The zero-order valence-corrected chi connectivity index (χ0v) is 16.4. The van der Waals surface area contributed by atoms with E-state index in [1.165, 1.54) is 11.8 Å². The standard InChI is InChI=1S/C18H19BrN2O3S/c1-12-3-5-14(6-4-12)11-20-25(23,24)17-10-16(19)9-15-7-8-21(13(2)22)18(15)17/h3-6,9-10,20H,7-8,11H2,1-2H3. The van der Waals surface area contributed by atoms with Gasteiger partial charge in [-0.3, -0.25) is 4.79 Å². The van der Waals surface area contributed by atoms with E-state index in [4.69, 9.17) is 0 Å². The number of anilines is 1. The van der Waals surface area contributed by atoms with E-state index in [2.05, 4.69) is 20.7 Å². The Hall–Kier alpha value is -1.70. The number of aryl methyl sites for hydroxylation is 1. The molecule has 1 heterocycles. The zero-order chi connectivity index (χ0) is 18.2. The molecule has 1 aliphatic heterocycles. The maximum Gasteiger partial charge on any atom is 0.242 e. The fourth-order valence-electron chi connectivity index (χ4n) is 2.95. The molecule has 5 nitrogen and oxygen atoms in total. The highest BCUT2D eigenvalue weighted by Gasteiger charge is 2.31. The molecule has 1 N–H and O–H groups in total. The van der Waals surface area contributed by atoms with Crippen LogP contribution in [0.2, 0.25) is 0 Å². The average Bonchev–Trinajstić information content (AvgIpc) is 2.97. The summed E-state index contributed by atoms with van der Waals surface area (Å²) in [6.45, 7) is 4.13. The lowest BCUT2D eigenvalue weighted by molar-refractivity contribution is -0.116. The summed E-state index contributed by atoms with van der Waals surface area (Å²) in [5.41, 5.74) is 3.35. The quantitative estimate of drug-likeness (QED) is 0.822. The number of nitrogens with zero attached hydrogens (tertiary/aromatic N) is 1. The first-order chi connectivity index (χ1) is 11.8. The Balaban J connectivity index is 1.94. The number of halogens is 1. The predicted octanol–water partition coefficient (Wildman–Crippen LogP) is 3.15. The van der Waals surface area contributed by atoms with E-state index < -0.39 is 10.0 Å². The number of fused-ring (bicyclic) bond motifs is 1. The van der Waals surface area contributed by atoms with E-state index in [-0.39, 0.29) is 17.3 Å². The third-order valence-electron chi connectivity index (χ3n) is 4.25. The maximum absolute atomic E-state index is 12.9. The molecule has 0 aromatic heterocycles. The van der Waals surface area contributed by atoms with Gasteiger partial charge in [0.2, 0.25) is 15.9 Å². The molecule has 0 saturated heterocycles.